The lowest BCUT2D eigenvalue weighted by Gasteiger charge is -2.23. The van der Waals surface area contributed by atoms with Crippen LogP contribution in [0.25, 0.3) is 0 Å². The molecule has 0 radical (unpaired) electrons. The van der Waals surface area contributed by atoms with Gasteiger partial charge in [0.1, 0.15) is 0 Å². The second-order valence-electron chi connectivity index (χ2n) is 13.6. The molecule has 0 bridgehead atoms. The normalized spacial score (nSPS) is 11.9. The highest BCUT2D eigenvalue weighted by molar-refractivity contribution is 7.90. The summed E-state index contributed by atoms with van der Waals surface area (Å²) in [6.45, 7) is 5.48. The molecule has 0 saturated heterocycles. The van der Waals surface area contributed by atoms with Crippen LogP contribution in [0, 0.1) is 0 Å². The molecule has 7 heteroatoms. The van der Waals surface area contributed by atoms with E-state index in [1.807, 2.05) is 0 Å². The lowest BCUT2D eigenvalue weighted by atomic mass is 10.0. The van der Waals surface area contributed by atoms with Crippen LogP contribution in [0.2, 0.25) is 0 Å². The maximum atomic E-state index is 13.7. The molecule has 1 rings (SSSR count). The minimum absolute atomic E-state index is 0.00598. The first-order valence-corrected chi connectivity index (χ1v) is 21.3. The molecule has 1 aromatic rings. The number of aromatic carboxylic acids is 1. The molecule has 0 fully saturated rings. The topological polar surface area (TPSA) is 74.7 Å². The van der Waals surface area contributed by atoms with Gasteiger partial charge in [0.2, 0.25) is 10.0 Å². The van der Waals surface area contributed by atoms with Gasteiger partial charge in [0.15, 0.2) is 0 Å². The Balaban J connectivity index is 2.41. The molecule has 0 aliphatic heterocycles. The van der Waals surface area contributed by atoms with Gasteiger partial charge in [-0.05, 0) is 31.0 Å². The van der Waals surface area contributed by atoms with Gasteiger partial charge in [-0.3, -0.25) is 0 Å². The second-order valence-corrected chi connectivity index (χ2v) is 16.0. The van der Waals surface area contributed by atoms with Crippen molar-refractivity contribution in [1.29, 1.82) is 0 Å². The Morgan fingerprint density at radius 2 is 0.870 bits per heavy atom. The number of carboxylic acids is 1. The first-order chi connectivity index (χ1) is 22.3. The molecule has 0 spiro atoms. The maximum absolute atomic E-state index is 13.7. The van der Waals surface area contributed by atoms with E-state index in [0.29, 0.717) is 18.0 Å². The molecule has 268 valence electrons. The van der Waals surface area contributed by atoms with Crippen molar-refractivity contribution >= 4 is 28.6 Å². The van der Waals surface area contributed by atoms with Gasteiger partial charge < -0.3 is 5.11 Å². The van der Waals surface area contributed by atoms with Crippen molar-refractivity contribution in [1.82, 2.24) is 4.31 Å². The third-order valence-corrected chi connectivity index (χ3v) is 11.8. The van der Waals surface area contributed by atoms with Crippen LogP contribution in [0.15, 0.2) is 28.0 Å². The number of carboxylic acid groups (broad SMARTS) is 1. The van der Waals surface area contributed by atoms with Crippen LogP contribution in [-0.4, -0.2) is 36.9 Å². The number of thiol groups is 1. The van der Waals surface area contributed by atoms with Crippen LogP contribution < -0.4 is 0 Å². The van der Waals surface area contributed by atoms with Crippen molar-refractivity contribution in [3.8, 4) is 0 Å². The molecule has 0 amide bonds. The Morgan fingerprint density at radius 3 is 1.17 bits per heavy atom. The molecule has 0 unspecified atom stereocenters. The van der Waals surface area contributed by atoms with Gasteiger partial charge in [-0.1, -0.05) is 181 Å². The largest absolute Gasteiger partial charge is 0.478 e. The van der Waals surface area contributed by atoms with Crippen molar-refractivity contribution in [3.05, 3.63) is 23.8 Å². The number of hydrogen-bond acceptors (Lipinski definition) is 4. The van der Waals surface area contributed by atoms with E-state index in [1.54, 1.807) is 4.31 Å². The summed E-state index contributed by atoms with van der Waals surface area (Å²) in [5.74, 6) is -1.13. The molecular formula is C39H71NO4S2. The Bertz CT molecular complexity index is 950. The number of carbonyl (C=O) groups is 1. The number of nitrogens with zero attached hydrogens (tertiary/aromatic N) is 1. The fourth-order valence-corrected chi connectivity index (χ4v) is 8.42. The van der Waals surface area contributed by atoms with E-state index in [0.717, 1.165) is 38.5 Å². The lowest BCUT2D eigenvalue weighted by Crippen LogP contribution is -2.33. The van der Waals surface area contributed by atoms with E-state index in [1.165, 1.54) is 159 Å². The quantitative estimate of drug-likeness (QED) is 0.0572. The van der Waals surface area contributed by atoms with Crippen LogP contribution in [0.5, 0.6) is 0 Å². The van der Waals surface area contributed by atoms with Crippen molar-refractivity contribution < 1.29 is 18.3 Å². The third-order valence-electron chi connectivity index (χ3n) is 9.35. The first-order valence-electron chi connectivity index (χ1n) is 19.4. The molecule has 1 aromatic carbocycles. The van der Waals surface area contributed by atoms with Crippen LogP contribution >= 0.6 is 12.6 Å². The summed E-state index contributed by atoms with van der Waals surface area (Å²) in [4.78, 5) is 11.9. The summed E-state index contributed by atoms with van der Waals surface area (Å²) >= 11 is 4.40. The van der Waals surface area contributed by atoms with Gasteiger partial charge in [-0.2, -0.15) is 4.31 Å². The number of benzene rings is 1. The molecule has 1 N–H and O–H groups in total. The highest BCUT2D eigenvalue weighted by Crippen LogP contribution is 2.26. The van der Waals surface area contributed by atoms with Gasteiger partial charge in [-0.15, -0.1) is 12.6 Å². The van der Waals surface area contributed by atoms with E-state index in [-0.39, 0.29) is 10.5 Å². The Morgan fingerprint density at radius 1 is 0.565 bits per heavy atom. The number of hydrogen-bond donors (Lipinski definition) is 2. The van der Waals surface area contributed by atoms with Crippen molar-refractivity contribution in [3.63, 3.8) is 0 Å². The first kappa shape index (κ1) is 43.0. The van der Waals surface area contributed by atoms with Crippen LogP contribution in [0.1, 0.15) is 204 Å². The Kier molecular flexibility index (Phi) is 27.0. The molecule has 0 aliphatic carbocycles. The fourth-order valence-electron chi connectivity index (χ4n) is 6.31. The summed E-state index contributed by atoms with van der Waals surface area (Å²) in [7, 11) is -3.83. The fraction of sp³-hybridized carbons (Fsp3) is 0.821. The van der Waals surface area contributed by atoms with Crippen LogP contribution in [-0.2, 0) is 10.0 Å². The van der Waals surface area contributed by atoms with Gasteiger partial charge in [-0.25, -0.2) is 13.2 Å². The summed E-state index contributed by atoms with van der Waals surface area (Å²) < 4.78 is 29.1. The Hall–Kier alpha value is -1.05. The summed E-state index contributed by atoms with van der Waals surface area (Å²) in [5, 5.41) is 9.46. The zero-order chi connectivity index (χ0) is 33.7. The average molecular weight is 682 g/mol. The van der Waals surface area contributed by atoms with Crippen molar-refractivity contribution in [2.24, 2.45) is 0 Å². The van der Waals surface area contributed by atoms with Crippen LogP contribution in [0.3, 0.4) is 0 Å². The standard InChI is InChI=1S/C39H71NO4S2/c1-3-5-7-9-11-13-15-17-19-21-23-25-27-29-33-40(46(43,44)38-35-36(39(41)42)31-32-37(38)45)34-30-28-26-24-22-20-18-16-14-12-10-8-6-4-2/h31-32,35,45H,3-30,33-34H2,1-2H3,(H,41,42). The molecule has 0 aromatic heterocycles. The van der Waals surface area contributed by atoms with Gasteiger partial charge >= 0.3 is 5.97 Å². The zero-order valence-electron chi connectivity index (χ0n) is 29.9. The van der Waals surface area contributed by atoms with E-state index in [4.69, 9.17) is 0 Å². The summed E-state index contributed by atoms with van der Waals surface area (Å²) in [6, 6.07) is 4.16. The molecular weight excluding hydrogens is 611 g/mol. The molecule has 5 nitrogen and oxygen atoms in total. The van der Waals surface area contributed by atoms with Crippen molar-refractivity contribution in [2.45, 2.75) is 203 Å². The molecule has 0 aliphatic rings. The lowest BCUT2D eigenvalue weighted by molar-refractivity contribution is 0.0696. The van der Waals surface area contributed by atoms with Crippen molar-refractivity contribution in [2.75, 3.05) is 13.1 Å². The molecule has 0 atom stereocenters. The monoisotopic (exact) mass is 681 g/mol. The smallest absolute Gasteiger partial charge is 0.335 e. The predicted octanol–water partition coefficient (Wildman–Crippen LogP) is 12.6. The van der Waals surface area contributed by atoms with Gasteiger partial charge in [0.05, 0.1) is 10.5 Å². The highest BCUT2D eigenvalue weighted by Gasteiger charge is 2.27. The number of sulfonamides is 1. The average Bonchev–Trinajstić information content (AvgIpc) is 3.03. The number of rotatable bonds is 33. The minimum Gasteiger partial charge on any atom is -0.478 e. The molecule has 46 heavy (non-hydrogen) atoms. The maximum Gasteiger partial charge on any atom is 0.335 e. The summed E-state index contributed by atoms with van der Waals surface area (Å²) in [6.07, 6.45) is 35.3. The Labute approximate surface area is 290 Å². The minimum atomic E-state index is -3.83. The van der Waals surface area contributed by atoms with Gasteiger partial charge in [0.25, 0.3) is 0 Å². The van der Waals surface area contributed by atoms with E-state index in [9.17, 15) is 18.3 Å². The highest BCUT2D eigenvalue weighted by atomic mass is 32.2. The second kappa shape index (κ2) is 28.9. The SMILES string of the molecule is CCCCCCCCCCCCCCCCN(CCCCCCCCCCCCCCCC)S(=O)(=O)c1cc(C(=O)O)ccc1S. The number of unbranched alkanes of at least 4 members (excludes halogenated alkanes) is 26. The van der Waals surface area contributed by atoms with Crippen LogP contribution in [0.4, 0.5) is 0 Å². The summed E-state index contributed by atoms with van der Waals surface area (Å²) in [5.41, 5.74) is -0.0238. The van der Waals surface area contributed by atoms with E-state index >= 15 is 0 Å². The molecule has 0 saturated carbocycles. The van der Waals surface area contributed by atoms with E-state index in [2.05, 4.69) is 26.5 Å². The zero-order valence-corrected chi connectivity index (χ0v) is 31.6. The molecule has 0 heterocycles. The van der Waals surface area contributed by atoms with E-state index < -0.39 is 16.0 Å². The third kappa shape index (κ3) is 21.0. The van der Waals surface area contributed by atoms with Gasteiger partial charge in [0, 0.05) is 18.0 Å². The predicted molar refractivity (Wildman–Crippen MR) is 200 cm³/mol.